The molecule has 0 amide bonds. The molecule has 0 bridgehead atoms. The van der Waals surface area contributed by atoms with Crippen LogP contribution < -0.4 is 0 Å². The number of rotatable bonds is 0. The van der Waals surface area contributed by atoms with Crippen LogP contribution in [0.3, 0.4) is 0 Å². The first-order valence-corrected chi connectivity index (χ1v) is 0.309. The molecule has 0 aromatic heterocycles. The van der Waals surface area contributed by atoms with E-state index in [1.165, 1.54) is 5.15 Å². The minimum absolute atomic E-state index is 0. The second kappa shape index (κ2) is 9.64. The standard InChI is InChI=1S/F2O.Ti/c1-3-2;. The van der Waals surface area contributed by atoms with Crippen LogP contribution in [0, 0.1) is 0 Å². The van der Waals surface area contributed by atoms with Gasteiger partial charge in [-0.05, 0) is 9.05 Å². The molecule has 1 nitrogen and oxygen atoms in total. The van der Waals surface area contributed by atoms with Crippen molar-refractivity contribution in [3.63, 3.8) is 0 Å². The number of hydrogen-bond donors (Lipinski definition) is 0. The van der Waals surface area contributed by atoms with Crippen LogP contribution in [0.15, 0.2) is 0 Å². The summed E-state index contributed by atoms with van der Waals surface area (Å²) in [5.41, 5.74) is 0. The Bertz CT molecular complexity index is 6.00. The summed E-state index contributed by atoms with van der Waals surface area (Å²) < 4.78 is 18.2. The Hall–Kier alpha value is 0.534. The molecule has 0 fully saturated rings. The molecular formula is F2OTi. The van der Waals surface area contributed by atoms with Crippen molar-refractivity contribution in [3.05, 3.63) is 0 Å². The van der Waals surface area contributed by atoms with Gasteiger partial charge in [-0.15, -0.1) is 0 Å². The van der Waals surface area contributed by atoms with Crippen LogP contribution in [0.25, 0.3) is 0 Å². The zero-order valence-corrected chi connectivity index (χ0v) is 3.23. The average Bonchev–Trinajstić information content (AvgIpc) is 0.918. The largest absolute Gasteiger partial charge is 0.0209 e. The molecular weight excluding hydrogens is 102 g/mol. The van der Waals surface area contributed by atoms with Gasteiger partial charge in [0.1, 0.15) is 0 Å². The van der Waals surface area contributed by atoms with Gasteiger partial charge in [-0.1, -0.05) is 0 Å². The fourth-order valence-corrected chi connectivity index (χ4v) is 0. The van der Waals surface area contributed by atoms with Crippen molar-refractivity contribution < 1.29 is 35.9 Å². The molecule has 0 saturated heterocycles. The molecule has 0 saturated carbocycles. The first-order valence-electron chi connectivity index (χ1n) is 0.309. The molecule has 0 atom stereocenters. The van der Waals surface area contributed by atoms with Crippen molar-refractivity contribution >= 4 is 0 Å². The van der Waals surface area contributed by atoms with Crippen molar-refractivity contribution in [2.24, 2.45) is 0 Å². The fourth-order valence-electron chi connectivity index (χ4n) is 0. The molecule has 4 heavy (non-hydrogen) atoms. The van der Waals surface area contributed by atoms with Crippen LogP contribution in [-0.4, -0.2) is 0 Å². The van der Waals surface area contributed by atoms with E-state index in [2.05, 4.69) is 0 Å². The predicted molar refractivity (Wildman–Crippen MR) is 3.30 cm³/mol. The first-order chi connectivity index (χ1) is 1.41. The normalized spacial score (nSPS) is 4.50. The Morgan fingerprint density at radius 1 is 1.25 bits per heavy atom. The van der Waals surface area contributed by atoms with E-state index in [4.69, 9.17) is 9.05 Å². The van der Waals surface area contributed by atoms with E-state index in [9.17, 15) is 0 Å². The van der Waals surface area contributed by atoms with E-state index in [0.717, 1.165) is 0 Å². The Labute approximate surface area is 36.6 Å². The molecule has 0 aromatic carbocycles. The molecule has 0 aliphatic carbocycles. The Kier molecular flexibility index (Phi) is 21.3. The van der Waals surface area contributed by atoms with E-state index in [1.807, 2.05) is 0 Å². The number of halogens is 2. The van der Waals surface area contributed by atoms with Gasteiger partial charge < -0.3 is 0 Å². The summed E-state index contributed by atoms with van der Waals surface area (Å²) in [6, 6.07) is 0. The van der Waals surface area contributed by atoms with E-state index >= 15 is 0 Å². The topological polar surface area (TPSA) is 9.23 Å². The average molecular weight is 102 g/mol. The minimum atomic E-state index is 0. The summed E-state index contributed by atoms with van der Waals surface area (Å²) in [6.45, 7) is 0. The Morgan fingerprint density at radius 2 is 1.25 bits per heavy atom. The smallest absolute Gasteiger partial charge is 0.0104 e. The van der Waals surface area contributed by atoms with E-state index in [-0.39, 0.29) is 21.7 Å². The van der Waals surface area contributed by atoms with Crippen molar-refractivity contribution in [2.45, 2.75) is 0 Å². The van der Waals surface area contributed by atoms with Gasteiger partial charge >= 0.3 is 0 Å². The van der Waals surface area contributed by atoms with Crippen LogP contribution in [0.1, 0.15) is 0 Å². The van der Waals surface area contributed by atoms with Crippen molar-refractivity contribution in [1.29, 1.82) is 0 Å². The molecule has 0 rings (SSSR count). The second-order valence-corrected chi connectivity index (χ2v) is 0.0583. The zero-order chi connectivity index (χ0) is 2.71. The van der Waals surface area contributed by atoms with Crippen molar-refractivity contribution in [2.75, 3.05) is 0 Å². The van der Waals surface area contributed by atoms with Crippen LogP contribution in [0.5, 0.6) is 0 Å². The van der Waals surface area contributed by atoms with Gasteiger partial charge in [0.15, 0.2) is 0 Å². The van der Waals surface area contributed by atoms with E-state index in [0.29, 0.717) is 0 Å². The fraction of sp³-hybridized carbons (Fsp3) is 0. The summed E-state index contributed by atoms with van der Waals surface area (Å²) in [4.78, 5) is 0. The summed E-state index contributed by atoms with van der Waals surface area (Å²) in [5, 5.41) is 1.25. The molecule has 0 radical (unpaired) electrons. The molecule has 24 valence electrons. The third-order valence-electron chi connectivity index (χ3n) is 0. The van der Waals surface area contributed by atoms with E-state index in [1.54, 1.807) is 0 Å². The third-order valence-corrected chi connectivity index (χ3v) is 0. The summed E-state index contributed by atoms with van der Waals surface area (Å²) in [5.74, 6) is 0. The Morgan fingerprint density at radius 3 is 1.25 bits per heavy atom. The minimum Gasteiger partial charge on any atom is -0.0104 e. The second-order valence-electron chi connectivity index (χ2n) is 0.0583. The van der Waals surface area contributed by atoms with Crippen LogP contribution >= 0.6 is 0 Å². The maximum absolute atomic E-state index is 9.12. The molecule has 0 unspecified atom stereocenters. The quantitative estimate of drug-likeness (QED) is 0.410. The predicted octanol–water partition coefficient (Wildman–Crippen LogP) is 0.770. The van der Waals surface area contributed by atoms with Crippen LogP contribution in [0.4, 0.5) is 9.05 Å². The summed E-state index contributed by atoms with van der Waals surface area (Å²) in [6.07, 6.45) is 0. The van der Waals surface area contributed by atoms with Crippen LogP contribution in [0.2, 0.25) is 0 Å². The molecule has 0 N–H and O–H groups in total. The van der Waals surface area contributed by atoms with Gasteiger partial charge in [0.2, 0.25) is 0 Å². The van der Waals surface area contributed by atoms with Gasteiger partial charge in [-0.3, -0.25) is 0 Å². The third kappa shape index (κ3) is 20.9. The molecule has 0 spiro atoms. The molecule has 0 aliphatic rings. The van der Waals surface area contributed by atoms with Crippen LogP contribution in [-0.2, 0) is 26.9 Å². The summed E-state index contributed by atoms with van der Waals surface area (Å²) >= 11 is 0. The molecule has 4 heteroatoms. The van der Waals surface area contributed by atoms with Gasteiger partial charge in [0.25, 0.3) is 0 Å². The maximum Gasteiger partial charge on any atom is 0.0209 e. The van der Waals surface area contributed by atoms with Crippen molar-refractivity contribution in [3.8, 4) is 0 Å². The molecule has 0 aliphatic heterocycles. The SMILES string of the molecule is FOF.[Ti]. The maximum atomic E-state index is 9.12. The molecule has 0 heterocycles. The first kappa shape index (κ1) is 8.82. The zero-order valence-electron chi connectivity index (χ0n) is 1.66. The van der Waals surface area contributed by atoms with E-state index < -0.39 is 0 Å². The monoisotopic (exact) mass is 102 g/mol. The van der Waals surface area contributed by atoms with Gasteiger partial charge in [-0.25, -0.2) is 0 Å². The molecule has 0 aromatic rings. The number of hydrogen-bond acceptors (Lipinski definition) is 1. The van der Waals surface area contributed by atoms with Crippen molar-refractivity contribution in [1.82, 2.24) is 0 Å². The van der Waals surface area contributed by atoms with Gasteiger partial charge in [0.05, 0.1) is 0 Å². The van der Waals surface area contributed by atoms with Gasteiger partial charge in [0, 0.05) is 26.9 Å². The van der Waals surface area contributed by atoms with Gasteiger partial charge in [-0.2, -0.15) is 0 Å². The Balaban J connectivity index is 0. The summed E-state index contributed by atoms with van der Waals surface area (Å²) in [7, 11) is 0.